The lowest BCUT2D eigenvalue weighted by Crippen LogP contribution is -2.51. The second-order valence-corrected chi connectivity index (χ2v) is 7.72. The first-order valence-corrected chi connectivity index (χ1v) is 8.83. The number of ether oxygens (including phenoxy) is 1. The standard InChI is InChI=1S/C13H26N2O4S/c1-19-9-7-13(5-6-13)11-14-20(17,18)15-8-3-2-4-12(15)10-16/h12,14,16H,2-11H2,1H3. The zero-order valence-electron chi connectivity index (χ0n) is 12.2. The summed E-state index contributed by atoms with van der Waals surface area (Å²) in [6.07, 6.45) is 5.60. The van der Waals surface area contributed by atoms with Crippen LogP contribution in [0.1, 0.15) is 38.5 Å². The molecule has 1 saturated heterocycles. The Balaban J connectivity index is 1.90. The molecule has 1 aliphatic carbocycles. The largest absolute Gasteiger partial charge is 0.395 e. The molecule has 20 heavy (non-hydrogen) atoms. The minimum absolute atomic E-state index is 0.0909. The number of nitrogens with zero attached hydrogens (tertiary/aromatic N) is 1. The van der Waals surface area contributed by atoms with Crippen molar-refractivity contribution in [2.75, 3.05) is 33.4 Å². The van der Waals surface area contributed by atoms with Crippen LogP contribution in [0.15, 0.2) is 0 Å². The van der Waals surface area contributed by atoms with Gasteiger partial charge in [0.25, 0.3) is 10.2 Å². The van der Waals surface area contributed by atoms with E-state index in [2.05, 4.69) is 4.72 Å². The van der Waals surface area contributed by atoms with Gasteiger partial charge < -0.3 is 9.84 Å². The van der Waals surface area contributed by atoms with Gasteiger partial charge in [-0.1, -0.05) is 6.42 Å². The van der Waals surface area contributed by atoms with Gasteiger partial charge in [0.15, 0.2) is 0 Å². The molecule has 0 aromatic rings. The van der Waals surface area contributed by atoms with E-state index in [1.54, 1.807) is 7.11 Å². The number of rotatable bonds is 8. The van der Waals surface area contributed by atoms with Crippen molar-refractivity contribution < 1.29 is 18.3 Å². The SMILES string of the molecule is COCCC1(CNS(=O)(=O)N2CCCCC2CO)CC1. The van der Waals surface area contributed by atoms with E-state index in [1.807, 2.05) is 0 Å². The average Bonchev–Trinajstić information content (AvgIpc) is 3.24. The normalized spacial score (nSPS) is 26.6. The lowest BCUT2D eigenvalue weighted by atomic mass is 10.0. The fourth-order valence-corrected chi connectivity index (χ4v) is 4.40. The molecule has 0 spiro atoms. The molecule has 0 radical (unpaired) electrons. The van der Waals surface area contributed by atoms with Crippen molar-refractivity contribution in [3.63, 3.8) is 0 Å². The maximum atomic E-state index is 12.4. The van der Waals surface area contributed by atoms with Crippen LogP contribution in [0.25, 0.3) is 0 Å². The molecule has 1 atom stereocenters. The van der Waals surface area contributed by atoms with Gasteiger partial charge in [0.05, 0.1) is 6.61 Å². The molecular weight excluding hydrogens is 280 g/mol. The summed E-state index contributed by atoms with van der Waals surface area (Å²) in [6, 6.07) is -0.268. The molecule has 1 saturated carbocycles. The van der Waals surface area contributed by atoms with Gasteiger partial charge in [0.1, 0.15) is 0 Å². The predicted octanol–water partition coefficient (Wildman–Crippen LogP) is 0.484. The zero-order valence-corrected chi connectivity index (χ0v) is 13.0. The van der Waals surface area contributed by atoms with E-state index in [1.165, 1.54) is 4.31 Å². The van der Waals surface area contributed by atoms with Gasteiger partial charge in [-0.2, -0.15) is 12.7 Å². The summed E-state index contributed by atoms with van der Waals surface area (Å²) in [5, 5.41) is 9.33. The number of nitrogens with one attached hydrogen (secondary N) is 1. The lowest BCUT2D eigenvalue weighted by molar-refractivity contribution is 0.152. The van der Waals surface area contributed by atoms with Crippen molar-refractivity contribution in [2.24, 2.45) is 5.41 Å². The molecule has 118 valence electrons. The number of aliphatic hydroxyl groups is 1. The predicted molar refractivity (Wildman–Crippen MR) is 76.5 cm³/mol. The van der Waals surface area contributed by atoms with Crippen LogP contribution in [-0.2, 0) is 14.9 Å². The fourth-order valence-electron chi connectivity index (χ4n) is 2.81. The highest BCUT2D eigenvalue weighted by Gasteiger charge is 2.43. The van der Waals surface area contributed by atoms with Crippen LogP contribution in [-0.4, -0.2) is 57.3 Å². The molecule has 1 unspecified atom stereocenters. The molecule has 6 nitrogen and oxygen atoms in total. The zero-order chi connectivity index (χ0) is 14.6. The van der Waals surface area contributed by atoms with Crippen molar-refractivity contribution in [3.05, 3.63) is 0 Å². The highest BCUT2D eigenvalue weighted by Crippen LogP contribution is 2.48. The first kappa shape index (κ1) is 16.2. The van der Waals surface area contributed by atoms with Crippen molar-refractivity contribution >= 4 is 10.2 Å². The number of piperidine rings is 1. The van der Waals surface area contributed by atoms with E-state index in [-0.39, 0.29) is 18.1 Å². The van der Waals surface area contributed by atoms with Gasteiger partial charge in [-0.25, -0.2) is 4.72 Å². The summed E-state index contributed by atoms with van der Waals surface area (Å²) in [6.45, 7) is 1.55. The Bertz CT molecular complexity index is 409. The second kappa shape index (κ2) is 6.70. The Labute approximate surface area is 121 Å². The maximum absolute atomic E-state index is 12.4. The molecule has 0 aromatic heterocycles. The van der Waals surface area contributed by atoms with E-state index in [9.17, 15) is 13.5 Å². The molecule has 2 N–H and O–H groups in total. The van der Waals surface area contributed by atoms with Gasteiger partial charge in [-0.05, 0) is 37.5 Å². The number of aliphatic hydroxyl groups excluding tert-OH is 1. The number of hydrogen-bond donors (Lipinski definition) is 2. The summed E-state index contributed by atoms with van der Waals surface area (Å²) in [7, 11) is -1.81. The van der Waals surface area contributed by atoms with Crippen LogP contribution in [0.3, 0.4) is 0 Å². The van der Waals surface area contributed by atoms with Gasteiger partial charge in [0.2, 0.25) is 0 Å². The number of hydrogen-bond acceptors (Lipinski definition) is 4. The van der Waals surface area contributed by atoms with Crippen LogP contribution in [0.5, 0.6) is 0 Å². The van der Waals surface area contributed by atoms with Crippen LogP contribution in [0, 0.1) is 5.41 Å². The van der Waals surface area contributed by atoms with Crippen LogP contribution in [0.4, 0.5) is 0 Å². The maximum Gasteiger partial charge on any atom is 0.279 e. The third-order valence-corrected chi connectivity index (χ3v) is 6.12. The Hall–Kier alpha value is -0.210. The van der Waals surface area contributed by atoms with Crippen molar-refractivity contribution in [1.82, 2.24) is 9.03 Å². The van der Waals surface area contributed by atoms with Gasteiger partial charge in [-0.3, -0.25) is 0 Å². The molecule has 0 bridgehead atoms. The lowest BCUT2D eigenvalue weighted by Gasteiger charge is -2.33. The molecule has 2 rings (SSSR count). The van der Waals surface area contributed by atoms with E-state index < -0.39 is 10.2 Å². The minimum atomic E-state index is -3.48. The van der Waals surface area contributed by atoms with Gasteiger partial charge in [-0.15, -0.1) is 0 Å². The first-order chi connectivity index (χ1) is 9.53. The molecule has 2 aliphatic rings. The molecule has 2 fully saturated rings. The summed E-state index contributed by atoms with van der Waals surface area (Å²) in [5.74, 6) is 0. The Morgan fingerprint density at radius 1 is 1.40 bits per heavy atom. The van der Waals surface area contributed by atoms with Gasteiger partial charge >= 0.3 is 0 Å². The monoisotopic (exact) mass is 306 g/mol. The van der Waals surface area contributed by atoms with Crippen molar-refractivity contribution in [2.45, 2.75) is 44.6 Å². The molecule has 7 heteroatoms. The minimum Gasteiger partial charge on any atom is -0.395 e. The topological polar surface area (TPSA) is 78.9 Å². The first-order valence-electron chi connectivity index (χ1n) is 7.39. The van der Waals surface area contributed by atoms with Crippen molar-refractivity contribution in [3.8, 4) is 0 Å². The van der Waals surface area contributed by atoms with E-state index in [0.29, 0.717) is 19.7 Å². The Morgan fingerprint density at radius 3 is 2.75 bits per heavy atom. The van der Waals surface area contributed by atoms with Crippen LogP contribution >= 0.6 is 0 Å². The molecule has 1 aliphatic heterocycles. The molecule has 0 amide bonds. The highest BCUT2D eigenvalue weighted by molar-refractivity contribution is 7.87. The third-order valence-electron chi connectivity index (χ3n) is 4.52. The quantitative estimate of drug-likeness (QED) is 0.684. The summed E-state index contributed by atoms with van der Waals surface area (Å²) in [4.78, 5) is 0. The van der Waals surface area contributed by atoms with Crippen LogP contribution in [0.2, 0.25) is 0 Å². The van der Waals surface area contributed by atoms with Crippen molar-refractivity contribution in [1.29, 1.82) is 0 Å². The second-order valence-electron chi connectivity index (χ2n) is 6.01. The van der Waals surface area contributed by atoms with Crippen LogP contribution < -0.4 is 4.72 Å². The molecular formula is C13H26N2O4S. The highest BCUT2D eigenvalue weighted by atomic mass is 32.2. The summed E-state index contributed by atoms with van der Waals surface area (Å²) < 4.78 is 34.0. The van der Waals surface area contributed by atoms with Gasteiger partial charge in [0, 0.05) is 32.8 Å². The Kier molecular flexibility index (Phi) is 5.42. The molecule has 0 aromatic carbocycles. The third kappa shape index (κ3) is 3.92. The average molecular weight is 306 g/mol. The summed E-state index contributed by atoms with van der Waals surface area (Å²) >= 11 is 0. The number of methoxy groups -OCH3 is 1. The fraction of sp³-hybridized carbons (Fsp3) is 1.00. The smallest absolute Gasteiger partial charge is 0.279 e. The van der Waals surface area contributed by atoms with E-state index in [4.69, 9.17) is 4.74 Å². The Morgan fingerprint density at radius 2 is 2.15 bits per heavy atom. The van der Waals surface area contributed by atoms with E-state index in [0.717, 1.165) is 38.5 Å². The summed E-state index contributed by atoms with van der Waals surface area (Å²) in [5.41, 5.74) is 0.0909. The van der Waals surface area contributed by atoms with E-state index >= 15 is 0 Å². The molecule has 1 heterocycles.